The fourth-order valence-corrected chi connectivity index (χ4v) is 8.70. The number of methoxy groups -OCH3 is 1. The summed E-state index contributed by atoms with van der Waals surface area (Å²) < 4.78 is 23.9. The van der Waals surface area contributed by atoms with Crippen LogP contribution in [0.5, 0.6) is 0 Å². The standard InChI is InChI=1S/C47H73N3O13/c1-8-36(52)33(4)44-37(61-44)29-46(5,59)22-13-14-31(2)43-32(3)15-17-38(47(6,60-7)23-21-35(51)28-42(57)63-43)62-45(58)49-27-26-48(34(30-49)16-20-41(55)56)24-11-9-10-12-25-50-39(53)18-19-40(50)54/h13-15,17-19,22,32-38,43-44,51-52,59H,8-12,16,20-21,23-30H2,1-7H3,(H,55,56)/b17-15+,22-13+,31-14+/t32-,33+,34?,35+,36-,37+,38-,43+,44+,46-,47+/m0/s1. The number of allylic oxidation sites excluding steroid dienone is 2. The van der Waals surface area contributed by atoms with Gasteiger partial charge in [-0.2, -0.15) is 0 Å². The second-order valence-corrected chi connectivity index (χ2v) is 18.3. The van der Waals surface area contributed by atoms with Crippen molar-refractivity contribution < 1.29 is 63.3 Å². The number of rotatable bonds is 20. The average molecular weight is 888 g/mol. The summed E-state index contributed by atoms with van der Waals surface area (Å²) in [5, 5.41) is 41.8. The molecule has 0 saturated carbocycles. The molecule has 1 unspecified atom stereocenters. The summed E-state index contributed by atoms with van der Waals surface area (Å²) in [4.78, 5) is 67.4. The molecule has 0 aliphatic carbocycles. The number of carbonyl (C=O) groups excluding carboxylic acids is 4. The van der Waals surface area contributed by atoms with Crippen LogP contribution in [0.2, 0.25) is 0 Å². The normalized spacial score (nSPS) is 31.2. The molecule has 3 amide bonds. The second kappa shape index (κ2) is 23.8. The largest absolute Gasteiger partial charge is 0.481 e. The molecule has 2 saturated heterocycles. The smallest absolute Gasteiger partial charge is 0.410 e. The number of imide groups is 1. The fourth-order valence-electron chi connectivity index (χ4n) is 8.70. The van der Waals surface area contributed by atoms with E-state index in [9.17, 15) is 44.4 Å². The number of hydrogen-bond donors (Lipinski definition) is 4. The number of aliphatic carboxylic acids is 1. The van der Waals surface area contributed by atoms with Gasteiger partial charge in [0.1, 0.15) is 11.7 Å². The minimum Gasteiger partial charge on any atom is -0.481 e. The van der Waals surface area contributed by atoms with E-state index in [0.29, 0.717) is 57.4 Å². The summed E-state index contributed by atoms with van der Waals surface area (Å²) >= 11 is 0. The van der Waals surface area contributed by atoms with Crippen LogP contribution in [0.1, 0.15) is 112 Å². The number of cyclic esters (lactones) is 1. The first-order chi connectivity index (χ1) is 29.8. The van der Waals surface area contributed by atoms with Gasteiger partial charge >= 0.3 is 18.0 Å². The molecule has 0 aromatic rings. The predicted molar refractivity (Wildman–Crippen MR) is 234 cm³/mol. The highest BCUT2D eigenvalue weighted by molar-refractivity contribution is 6.12. The lowest BCUT2D eigenvalue weighted by Crippen LogP contribution is -2.56. The van der Waals surface area contributed by atoms with Crippen LogP contribution in [0.4, 0.5) is 4.79 Å². The molecule has 16 heteroatoms. The number of hydrogen-bond acceptors (Lipinski definition) is 13. The predicted octanol–water partition coefficient (Wildman–Crippen LogP) is 4.70. The maximum Gasteiger partial charge on any atom is 0.410 e. The van der Waals surface area contributed by atoms with Crippen molar-refractivity contribution in [1.82, 2.24) is 14.7 Å². The highest BCUT2D eigenvalue weighted by atomic mass is 16.6. The number of amides is 3. The van der Waals surface area contributed by atoms with Gasteiger partial charge in [-0.15, -0.1) is 0 Å². The Kier molecular flexibility index (Phi) is 19.6. The Bertz CT molecular complexity index is 1680. The SMILES string of the molecule is CC[C@H](O)[C@@H](C)[C@H]1O[C@@H]1C[C@@](C)(O)/C=C/C=C(\C)[C@H]1OC(=O)C[C@H](O)CC[C@@](C)(OC)[C@@H](OC(=O)N2CCN(CCCCCCN3C(=O)C=CC3=O)C(CCC(=O)O)C2)/C=C/[C@@H]1C. The van der Waals surface area contributed by atoms with Crippen molar-refractivity contribution in [3.63, 3.8) is 0 Å². The lowest BCUT2D eigenvalue weighted by molar-refractivity contribution is -0.151. The Morgan fingerprint density at radius 3 is 2.41 bits per heavy atom. The molecular weight excluding hydrogens is 815 g/mol. The number of nitrogens with zero attached hydrogens (tertiary/aromatic N) is 3. The van der Waals surface area contributed by atoms with Gasteiger partial charge in [0.05, 0.1) is 36.4 Å². The van der Waals surface area contributed by atoms with Crippen LogP contribution in [0.15, 0.2) is 48.1 Å². The lowest BCUT2D eigenvalue weighted by atomic mass is 9.88. The molecule has 4 heterocycles. The topological polar surface area (TPSA) is 216 Å². The molecule has 354 valence electrons. The van der Waals surface area contributed by atoms with Gasteiger partial charge in [-0.3, -0.25) is 29.0 Å². The monoisotopic (exact) mass is 888 g/mol. The molecule has 4 N–H and O–H groups in total. The van der Waals surface area contributed by atoms with E-state index in [4.69, 9.17) is 18.9 Å². The van der Waals surface area contributed by atoms with E-state index in [1.807, 2.05) is 33.8 Å². The van der Waals surface area contributed by atoms with Gasteiger partial charge in [0.2, 0.25) is 0 Å². The number of carboxylic acids is 1. The molecule has 63 heavy (non-hydrogen) atoms. The summed E-state index contributed by atoms with van der Waals surface area (Å²) in [7, 11) is 1.51. The fraction of sp³-hybridized carbons (Fsp3) is 0.723. The zero-order valence-electron chi connectivity index (χ0n) is 38.4. The van der Waals surface area contributed by atoms with Crippen molar-refractivity contribution in [2.24, 2.45) is 11.8 Å². The molecule has 0 aromatic heterocycles. The van der Waals surface area contributed by atoms with E-state index in [1.54, 1.807) is 43.1 Å². The number of esters is 1. The average Bonchev–Trinajstić information content (AvgIpc) is 3.92. The first-order valence-corrected chi connectivity index (χ1v) is 22.7. The summed E-state index contributed by atoms with van der Waals surface area (Å²) in [6.45, 7) is 13.3. The van der Waals surface area contributed by atoms with Crippen LogP contribution in [0.25, 0.3) is 0 Å². The highest BCUT2D eigenvalue weighted by Crippen LogP contribution is 2.38. The molecule has 4 aliphatic heterocycles. The van der Waals surface area contributed by atoms with Gasteiger partial charge < -0.3 is 44.3 Å². The van der Waals surface area contributed by atoms with Crippen LogP contribution in [0.3, 0.4) is 0 Å². The third-order valence-corrected chi connectivity index (χ3v) is 13.1. The summed E-state index contributed by atoms with van der Waals surface area (Å²) in [6, 6.07) is -0.213. The molecule has 11 atom stereocenters. The number of ether oxygens (including phenoxy) is 4. The zero-order chi connectivity index (χ0) is 46.5. The van der Waals surface area contributed by atoms with Crippen molar-refractivity contribution in [2.45, 2.75) is 166 Å². The van der Waals surface area contributed by atoms with Gasteiger partial charge in [-0.25, -0.2) is 4.79 Å². The molecular formula is C47H73N3O13. The van der Waals surface area contributed by atoms with Gasteiger partial charge in [0.15, 0.2) is 6.10 Å². The number of carbonyl (C=O) groups is 5. The van der Waals surface area contributed by atoms with Crippen molar-refractivity contribution in [2.75, 3.05) is 39.8 Å². The van der Waals surface area contributed by atoms with Crippen molar-refractivity contribution in [3.05, 3.63) is 48.1 Å². The molecule has 0 bridgehead atoms. The van der Waals surface area contributed by atoms with E-state index in [0.717, 1.165) is 19.3 Å². The molecule has 2 fully saturated rings. The molecule has 0 aromatic carbocycles. The van der Waals surface area contributed by atoms with Crippen LogP contribution < -0.4 is 0 Å². The van der Waals surface area contributed by atoms with E-state index >= 15 is 0 Å². The maximum atomic E-state index is 14.0. The van der Waals surface area contributed by atoms with E-state index in [1.165, 1.54) is 24.2 Å². The zero-order valence-corrected chi connectivity index (χ0v) is 38.4. The van der Waals surface area contributed by atoms with Crippen LogP contribution in [-0.4, -0.2) is 159 Å². The maximum absolute atomic E-state index is 14.0. The molecule has 16 nitrogen and oxygen atoms in total. The molecule has 4 rings (SSSR count). The summed E-state index contributed by atoms with van der Waals surface area (Å²) in [5.74, 6) is -2.52. The Morgan fingerprint density at radius 2 is 1.76 bits per heavy atom. The number of unbranched alkanes of at least 4 members (excludes halogenated alkanes) is 3. The van der Waals surface area contributed by atoms with E-state index in [2.05, 4.69) is 4.90 Å². The molecule has 4 aliphatic rings. The number of aliphatic hydroxyl groups is 3. The third kappa shape index (κ3) is 15.6. The second-order valence-electron chi connectivity index (χ2n) is 18.3. The number of piperazine rings is 1. The summed E-state index contributed by atoms with van der Waals surface area (Å²) in [6.07, 6.45) is 11.9. The van der Waals surface area contributed by atoms with Crippen molar-refractivity contribution >= 4 is 29.8 Å². The summed E-state index contributed by atoms with van der Waals surface area (Å²) in [5.41, 5.74) is -1.60. The Balaban J connectivity index is 1.42. The van der Waals surface area contributed by atoms with Crippen molar-refractivity contribution in [1.29, 1.82) is 0 Å². The van der Waals surface area contributed by atoms with E-state index < -0.39 is 59.6 Å². The van der Waals surface area contributed by atoms with Crippen LogP contribution in [-0.2, 0) is 38.1 Å². The van der Waals surface area contributed by atoms with Crippen LogP contribution >= 0.6 is 0 Å². The molecule has 0 spiro atoms. The third-order valence-electron chi connectivity index (χ3n) is 13.1. The lowest BCUT2D eigenvalue weighted by Gasteiger charge is -2.42. The number of aliphatic hydroxyl groups excluding tert-OH is 2. The van der Waals surface area contributed by atoms with Crippen LogP contribution in [0, 0.1) is 11.8 Å². The van der Waals surface area contributed by atoms with E-state index in [-0.39, 0.29) is 68.2 Å². The quantitative estimate of drug-likeness (QED) is 0.0326. The van der Waals surface area contributed by atoms with Gasteiger partial charge in [0, 0.05) is 76.2 Å². The van der Waals surface area contributed by atoms with Gasteiger partial charge in [-0.05, 0) is 77.5 Å². The minimum absolute atomic E-state index is 0.0401. The number of epoxide rings is 1. The first-order valence-electron chi connectivity index (χ1n) is 22.7. The van der Waals surface area contributed by atoms with Gasteiger partial charge in [-0.1, -0.05) is 57.9 Å². The molecule has 0 radical (unpaired) electrons. The first kappa shape index (κ1) is 51.7. The highest BCUT2D eigenvalue weighted by Gasteiger charge is 2.47. The van der Waals surface area contributed by atoms with Crippen molar-refractivity contribution in [3.8, 4) is 0 Å². The van der Waals surface area contributed by atoms with Gasteiger partial charge in [0.25, 0.3) is 11.8 Å². The minimum atomic E-state index is -1.20. The Labute approximate surface area is 372 Å². The Morgan fingerprint density at radius 1 is 1.08 bits per heavy atom. The number of carboxylic acid groups (broad SMARTS) is 1. The Hall–Kier alpha value is -3.93.